The monoisotopic (exact) mass is 170 g/mol. The predicted octanol–water partition coefficient (Wildman–Crippen LogP) is 0.829. The number of carbonyl (C=O) groups is 1. The SMILES string of the molecule is C[C@@H](c1ccco1)[C@@H](O)C(=O)O. The molecular formula is C8H10O4. The van der Waals surface area contributed by atoms with Crippen molar-refractivity contribution in [3.05, 3.63) is 24.2 Å². The zero-order valence-corrected chi connectivity index (χ0v) is 6.60. The Kier molecular flexibility index (Phi) is 2.50. The summed E-state index contributed by atoms with van der Waals surface area (Å²) in [6.07, 6.45) is 0.0385. The topological polar surface area (TPSA) is 70.7 Å². The van der Waals surface area contributed by atoms with Gasteiger partial charge >= 0.3 is 5.97 Å². The number of rotatable bonds is 3. The fraction of sp³-hybridized carbons (Fsp3) is 0.375. The van der Waals surface area contributed by atoms with Gasteiger partial charge in [-0.1, -0.05) is 6.92 Å². The first-order valence-electron chi connectivity index (χ1n) is 3.57. The van der Waals surface area contributed by atoms with E-state index in [2.05, 4.69) is 0 Å². The van der Waals surface area contributed by atoms with Gasteiger partial charge in [-0.3, -0.25) is 0 Å². The maximum Gasteiger partial charge on any atom is 0.333 e. The van der Waals surface area contributed by atoms with E-state index in [4.69, 9.17) is 14.6 Å². The molecule has 0 amide bonds. The van der Waals surface area contributed by atoms with Gasteiger partial charge in [0.2, 0.25) is 0 Å². The molecule has 0 radical (unpaired) electrons. The largest absolute Gasteiger partial charge is 0.479 e. The van der Waals surface area contributed by atoms with Gasteiger partial charge in [-0.15, -0.1) is 0 Å². The number of aliphatic carboxylic acids is 1. The molecule has 4 heteroatoms. The van der Waals surface area contributed by atoms with E-state index in [1.165, 1.54) is 6.26 Å². The maximum atomic E-state index is 10.3. The maximum absolute atomic E-state index is 10.3. The average Bonchev–Trinajstić information content (AvgIpc) is 2.53. The smallest absolute Gasteiger partial charge is 0.333 e. The summed E-state index contributed by atoms with van der Waals surface area (Å²) in [6, 6.07) is 3.29. The Balaban J connectivity index is 2.71. The molecule has 0 aliphatic carbocycles. The first-order chi connectivity index (χ1) is 5.63. The van der Waals surface area contributed by atoms with Crippen LogP contribution < -0.4 is 0 Å². The molecule has 0 saturated heterocycles. The van der Waals surface area contributed by atoms with Crippen LogP contribution in [0.3, 0.4) is 0 Å². The van der Waals surface area contributed by atoms with Crippen molar-refractivity contribution in [3.8, 4) is 0 Å². The third kappa shape index (κ3) is 1.65. The van der Waals surface area contributed by atoms with Crippen LogP contribution in [0.4, 0.5) is 0 Å². The summed E-state index contributed by atoms with van der Waals surface area (Å²) in [7, 11) is 0. The highest BCUT2D eigenvalue weighted by molar-refractivity contribution is 5.73. The molecule has 0 bridgehead atoms. The van der Waals surface area contributed by atoms with Gasteiger partial charge in [0.15, 0.2) is 6.10 Å². The lowest BCUT2D eigenvalue weighted by Gasteiger charge is -2.11. The van der Waals surface area contributed by atoms with Gasteiger partial charge in [-0.25, -0.2) is 4.79 Å². The van der Waals surface area contributed by atoms with Crippen LogP contribution in [0.1, 0.15) is 18.6 Å². The summed E-state index contributed by atoms with van der Waals surface area (Å²) >= 11 is 0. The molecule has 1 heterocycles. The van der Waals surface area contributed by atoms with Crippen molar-refractivity contribution in [2.75, 3.05) is 0 Å². The summed E-state index contributed by atoms with van der Waals surface area (Å²) in [5, 5.41) is 17.6. The standard InChI is InChI=1S/C8H10O4/c1-5(7(9)8(10)11)6-3-2-4-12-6/h2-5,7,9H,1H3,(H,10,11)/t5-,7+/m0/s1. The molecule has 1 aromatic heterocycles. The number of hydrogen-bond acceptors (Lipinski definition) is 3. The van der Waals surface area contributed by atoms with E-state index in [-0.39, 0.29) is 0 Å². The third-order valence-corrected chi connectivity index (χ3v) is 1.72. The summed E-state index contributed by atoms with van der Waals surface area (Å²) in [6.45, 7) is 1.59. The van der Waals surface area contributed by atoms with Gasteiger partial charge in [0.1, 0.15) is 5.76 Å². The molecule has 1 rings (SSSR count). The van der Waals surface area contributed by atoms with Crippen molar-refractivity contribution in [1.82, 2.24) is 0 Å². The lowest BCUT2D eigenvalue weighted by atomic mass is 10.0. The first-order valence-corrected chi connectivity index (χ1v) is 3.57. The van der Waals surface area contributed by atoms with Gasteiger partial charge in [-0.2, -0.15) is 0 Å². The minimum absolute atomic E-state index is 0.477. The van der Waals surface area contributed by atoms with Crippen molar-refractivity contribution in [2.45, 2.75) is 18.9 Å². The molecule has 12 heavy (non-hydrogen) atoms. The molecule has 4 nitrogen and oxygen atoms in total. The van der Waals surface area contributed by atoms with Gasteiger partial charge in [0, 0.05) is 0 Å². The van der Waals surface area contributed by atoms with Gasteiger partial charge in [0.25, 0.3) is 0 Å². The van der Waals surface area contributed by atoms with Crippen LogP contribution in [-0.4, -0.2) is 22.3 Å². The highest BCUT2D eigenvalue weighted by atomic mass is 16.4. The number of aliphatic hydroxyl groups is 1. The highest BCUT2D eigenvalue weighted by Crippen LogP contribution is 2.19. The Morgan fingerprint density at radius 1 is 1.67 bits per heavy atom. The molecule has 0 spiro atoms. The zero-order valence-electron chi connectivity index (χ0n) is 6.60. The summed E-state index contributed by atoms with van der Waals surface area (Å²) in [5.41, 5.74) is 0. The van der Waals surface area contributed by atoms with Crippen LogP contribution in [0.5, 0.6) is 0 Å². The number of carboxylic acid groups (broad SMARTS) is 1. The molecule has 0 aliphatic heterocycles. The van der Waals surface area contributed by atoms with Gasteiger partial charge < -0.3 is 14.6 Å². The van der Waals surface area contributed by atoms with Crippen molar-refractivity contribution in [3.63, 3.8) is 0 Å². The minimum atomic E-state index is -1.41. The molecule has 0 aliphatic rings. The van der Waals surface area contributed by atoms with E-state index in [0.717, 1.165) is 0 Å². The van der Waals surface area contributed by atoms with Crippen molar-refractivity contribution >= 4 is 5.97 Å². The van der Waals surface area contributed by atoms with Crippen LogP contribution in [0.25, 0.3) is 0 Å². The molecule has 2 atom stereocenters. The summed E-state index contributed by atoms with van der Waals surface area (Å²) < 4.78 is 4.94. The molecule has 1 aromatic rings. The zero-order chi connectivity index (χ0) is 9.14. The molecule has 2 N–H and O–H groups in total. The van der Waals surface area contributed by atoms with Crippen LogP contribution in [0.15, 0.2) is 22.8 Å². The Labute approximate surface area is 69.4 Å². The predicted molar refractivity (Wildman–Crippen MR) is 40.8 cm³/mol. The highest BCUT2D eigenvalue weighted by Gasteiger charge is 2.24. The lowest BCUT2D eigenvalue weighted by molar-refractivity contribution is -0.147. The van der Waals surface area contributed by atoms with E-state index in [1.54, 1.807) is 19.1 Å². The average molecular weight is 170 g/mol. The van der Waals surface area contributed by atoms with Crippen LogP contribution in [0, 0.1) is 0 Å². The molecule has 0 unspecified atom stereocenters. The van der Waals surface area contributed by atoms with Crippen molar-refractivity contribution in [2.24, 2.45) is 0 Å². The number of hydrogen-bond donors (Lipinski definition) is 2. The fourth-order valence-corrected chi connectivity index (χ4v) is 0.920. The Morgan fingerprint density at radius 2 is 2.33 bits per heavy atom. The molecule has 0 aromatic carbocycles. The quantitative estimate of drug-likeness (QED) is 0.704. The van der Waals surface area contributed by atoms with Gasteiger partial charge in [-0.05, 0) is 12.1 Å². The lowest BCUT2D eigenvalue weighted by Crippen LogP contribution is -2.25. The van der Waals surface area contributed by atoms with E-state index < -0.39 is 18.0 Å². The second kappa shape index (κ2) is 3.40. The third-order valence-electron chi connectivity index (χ3n) is 1.72. The Hall–Kier alpha value is -1.29. The Morgan fingerprint density at radius 3 is 2.75 bits per heavy atom. The fourth-order valence-electron chi connectivity index (χ4n) is 0.920. The molecule has 0 saturated carbocycles. The van der Waals surface area contributed by atoms with Gasteiger partial charge in [0.05, 0.1) is 12.2 Å². The second-order valence-corrected chi connectivity index (χ2v) is 2.59. The van der Waals surface area contributed by atoms with E-state index in [1.807, 2.05) is 0 Å². The molecule has 0 fully saturated rings. The van der Waals surface area contributed by atoms with E-state index in [0.29, 0.717) is 5.76 Å². The number of aliphatic hydroxyl groups excluding tert-OH is 1. The van der Waals surface area contributed by atoms with Crippen LogP contribution in [0.2, 0.25) is 0 Å². The second-order valence-electron chi connectivity index (χ2n) is 2.59. The van der Waals surface area contributed by atoms with Crippen LogP contribution in [-0.2, 0) is 4.79 Å². The number of furan rings is 1. The van der Waals surface area contributed by atoms with E-state index >= 15 is 0 Å². The van der Waals surface area contributed by atoms with E-state index in [9.17, 15) is 4.79 Å². The molecule has 66 valence electrons. The summed E-state index contributed by atoms with van der Waals surface area (Å²) in [5.74, 6) is -1.28. The van der Waals surface area contributed by atoms with Crippen molar-refractivity contribution < 1.29 is 19.4 Å². The van der Waals surface area contributed by atoms with Crippen molar-refractivity contribution in [1.29, 1.82) is 0 Å². The first kappa shape index (κ1) is 8.80. The number of carboxylic acids is 1. The normalized spacial score (nSPS) is 15.5. The Bertz CT molecular complexity index is 252. The summed E-state index contributed by atoms with van der Waals surface area (Å²) in [4.78, 5) is 10.3. The minimum Gasteiger partial charge on any atom is -0.479 e. The van der Waals surface area contributed by atoms with Crippen LogP contribution >= 0.6 is 0 Å². The molecular weight excluding hydrogens is 160 g/mol.